The van der Waals surface area contributed by atoms with E-state index in [0.29, 0.717) is 16.1 Å². The van der Waals surface area contributed by atoms with E-state index in [0.717, 1.165) is 11.1 Å². The fourth-order valence-corrected chi connectivity index (χ4v) is 3.86. The Hall–Kier alpha value is -2.41. The van der Waals surface area contributed by atoms with E-state index < -0.39 is 22.7 Å². The molecule has 6 nitrogen and oxygen atoms in total. The third-order valence-electron chi connectivity index (χ3n) is 3.78. The summed E-state index contributed by atoms with van der Waals surface area (Å²) in [5.41, 5.74) is 3.23. The van der Waals surface area contributed by atoms with Crippen LogP contribution < -0.4 is 0 Å². The summed E-state index contributed by atoms with van der Waals surface area (Å²) in [5, 5.41) is 0. The lowest BCUT2D eigenvalue weighted by molar-refractivity contribution is -0.137. The van der Waals surface area contributed by atoms with E-state index in [2.05, 4.69) is 0 Å². The SMILES string of the molecule is CCOC(=O)/C=C/c1c(S(C)=O)c(C(=O)OCC)c2c(C)cc(C)cn12. The van der Waals surface area contributed by atoms with Crippen LogP contribution in [0.1, 0.15) is 41.0 Å². The number of ether oxygens (including phenoxy) is 2. The van der Waals surface area contributed by atoms with E-state index in [-0.39, 0.29) is 18.8 Å². The van der Waals surface area contributed by atoms with Crippen LogP contribution in [0.15, 0.2) is 23.2 Å². The summed E-state index contributed by atoms with van der Waals surface area (Å²) in [5.74, 6) is -1.03. The second-order valence-electron chi connectivity index (χ2n) is 5.77. The number of esters is 2. The van der Waals surface area contributed by atoms with Gasteiger partial charge in [0.25, 0.3) is 0 Å². The highest BCUT2D eigenvalue weighted by molar-refractivity contribution is 7.84. The van der Waals surface area contributed by atoms with Gasteiger partial charge in [0, 0.05) is 18.5 Å². The summed E-state index contributed by atoms with van der Waals surface area (Å²) < 4.78 is 24.4. The Morgan fingerprint density at radius 3 is 2.42 bits per heavy atom. The second-order valence-corrected chi connectivity index (χ2v) is 7.08. The minimum absolute atomic E-state index is 0.213. The summed E-state index contributed by atoms with van der Waals surface area (Å²) in [4.78, 5) is 24.7. The number of hydrogen-bond acceptors (Lipinski definition) is 5. The predicted octanol–water partition coefficient (Wildman–Crippen LogP) is 3.05. The molecule has 0 saturated carbocycles. The van der Waals surface area contributed by atoms with Gasteiger partial charge < -0.3 is 13.9 Å². The predicted molar refractivity (Wildman–Crippen MR) is 101 cm³/mol. The van der Waals surface area contributed by atoms with Crippen LogP contribution in [0.4, 0.5) is 0 Å². The molecular formula is C19H23NO5S. The van der Waals surface area contributed by atoms with Crippen molar-refractivity contribution in [1.82, 2.24) is 4.40 Å². The quantitative estimate of drug-likeness (QED) is 0.571. The van der Waals surface area contributed by atoms with Crippen molar-refractivity contribution in [3.05, 3.63) is 40.7 Å². The maximum Gasteiger partial charge on any atom is 0.341 e. The molecule has 0 aliphatic rings. The van der Waals surface area contributed by atoms with Crippen LogP contribution in [0.2, 0.25) is 0 Å². The van der Waals surface area contributed by atoms with Gasteiger partial charge in [-0.25, -0.2) is 9.59 Å². The summed E-state index contributed by atoms with van der Waals surface area (Å²) >= 11 is 0. The van der Waals surface area contributed by atoms with Gasteiger partial charge in [-0.3, -0.25) is 4.21 Å². The molecule has 7 heteroatoms. The van der Waals surface area contributed by atoms with Gasteiger partial charge in [0.15, 0.2) is 0 Å². The van der Waals surface area contributed by atoms with Crippen LogP contribution in [0.5, 0.6) is 0 Å². The van der Waals surface area contributed by atoms with Crippen molar-refractivity contribution in [3.63, 3.8) is 0 Å². The van der Waals surface area contributed by atoms with Crippen LogP contribution in [-0.2, 0) is 25.1 Å². The maximum atomic E-state index is 12.6. The average molecular weight is 377 g/mol. The highest BCUT2D eigenvalue weighted by Crippen LogP contribution is 2.31. The third-order valence-corrected chi connectivity index (χ3v) is 4.77. The van der Waals surface area contributed by atoms with Gasteiger partial charge in [-0.15, -0.1) is 0 Å². The number of carbonyl (C=O) groups excluding carboxylic acids is 2. The molecule has 0 radical (unpaired) electrons. The number of aryl methyl sites for hydroxylation is 2. The zero-order valence-electron chi connectivity index (χ0n) is 15.6. The largest absolute Gasteiger partial charge is 0.463 e. The van der Waals surface area contributed by atoms with Gasteiger partial charge >= 0.3 is 11.9 Å². The molecule has 140 valence electrons. The molecule has 0 aliphatic carbocycles. The zero-order valence-corrected chi connectivity index (χ0v) is 16.4. The Bertz CT molecular complexity index is 911. The molecule has 0 spiro atoms. The molecule has 1 atom stereocenters. The van der Waals surface area contributed by atoms with E-state index in [4.69, 9.17) is 9.47 Å². The molecular weight excluding hydrogens is 354 g/mol. The van der Waals surface area contributed by atoms with Gasteiger partial charge in [-0.2, -0.15) is 0 Å². The fraction of sp³-hybridized carbons (Fsp3) is 0.368. The van der Waals surface area contributed by atoms with E-state index >= 15 is 0 Å². The van der Waals surface area contributed by atoms with Crippen LogP contribution >= 0.6 is 0 Å². The molecule has 26 heavy (non-hydrogen) atoms. The van der Waals surface area contributed by atoms with Crippen molar-refractivity contribution >= 4 is 34.3 Å². The van der Waals surface area contributed by atoms with Gasteiger partial charge in [-0.1, -0.05) is 6.07 Å². The number of carbonyl (C=O) groups is 2. The number of hydrogen-bond donors (Lipinski definition) is 0. The normalized spacial score (nSPS) is 12.5. The first-order valence-corrected chi connectivity index (χ1v) is 9.88. The Morgan fingerprint density at radius 1 is 1.19 bits per heavy atom. The number of rotatable bonds is 6. The highest BCUT2D eigenvalue weighted by atomic mass is 32.2. The Kier molecular flexibility index (Phi) is 6.37. The number of nitrogens with zero attached hydrogens (tertiary/aromatic N) is 1. The Labute approximate surface area is 155 Å². The lowest BCUT2D eigenvalue weighted by Gasteiger charge is -2.06. The minimum atomic E-state index is -1.47. The molecule has 0 aliphatic heterocycles. The van der Waals surface area contributed by atoms with Crippen molar-refractivity contribution in [1.29, 1.82) is 0 Å². The Balaban J connectivity index is 2.84. The first kappa shape index (κ1) is 19.9. The topological polar surface area (TPSA) is 74.1 Å². The molecule has 2 heterocycles. The average Bonchev–Trinajstić information content (AvgIpc) is 2.88. The summed E-state index contributed by atoms with van der Waals surface area (Å²) in [6.45, 7) is 7.72. The van der Waals surface area contributed by atoms with Crippen LogP contribution in [-0.4, -0.2) is 40.0 Å². The molecule has 2 aromatic rings. The van der Waals surface area contributed by atoms with Crippen molar-refractivity contribution in [2.45, 2.75) is 32.6 Å². The Morgan fingerprint density at radius 2 is 1.85 bits per heavy atom. The van der Waals surface area contributed by atoms with Crippen molar-refractivity contribution in [3.8, 4) is 0 Å². The second kappa shape index (κ2) is 8.31. The first-order valence-electron chi connectivity index (χ1n) is 8.32. The molecule has 0 aromatic carbocycles. The van der Waals surface area contributed by atoms with E-state index in [9.17, 15) is 13.8 Å². The third kappa shape index (κ3) is 3.88. The summed E-state index contributed by atoms with van der Waals surface area (Å²) in [7, 11) is -1.47. The van der Waals surface area contributed by atoms with Crippen molar-refractivity contribution in [2.24, 2.45) is 0 Å². The molecule has 2 aromatic heterocycles. The molecule has 0 fully saturated rings. The van der Waals surface area contributed by atoms with Crippen molar-refractivity contribution in [2.75, 3.05) is 19.5 Å². The summed E-state index contributed by atoms with van der Waals surface area (Å²) in [6, 6.07) is 1.94. The molecule has 0 N–H and O–H groups in total. The lowest BCUT2D eigenvalue weighted by Crippen LogP contribution is -2.08. The van der Waals surface area contributed by atoms with Crippen LogP contribution in [0.25, 0.3) is 11.6 Å². The molecule has 0 bridgehead atoms. The maximum absolute atomic E-state index is 12.6. The van der Waals surface area contributed by atoms with E-state index in [1.54, 1.807) is 18.2 Å². The molecule has 0 saturated heterocycles. The number of aromatic nitrogens is 1. The number of fused-ring (bicyclic) bond motifs is 1. The van der Waals surface area contributed by atoms with E-state index in [1.807, 2.05) is 26.1 Å². The molecule has 2 rings (SSSR count). The standard InChI is InChI=1S/C19H23NO5S/c1-6-24-15(21)9-8-14-18(26(5)23)16(19(22)25-7-2)17-13(4)10-12(3)11-20(14)17/h8-11H,6-7H2,1-5H3/b9-8+. The lowest BCUT2D eigenvalue weighted by atomic mass is 10.1. The minimum Gasteiger partial charge on any atom is -0.463 e. The van der Waals surface area contributed by atoms with Crippen LogP contribution in [0.3, 0.4) is 0 Å². The van der Waals surface area contributed by atoms with Gasteiger partial charge in [0.05, 0.1) is 40.1 Å². The number of pyridine rings is 1. The van der Waals surface area contributed by atoms with Gasteiger partial charge in [-0.05, 0) is 44.9 Å². The monoisotopic (exact) mass is 377 g/mol. The smallest absolute Gasteiger partial charge is 0.341 e. The van der Waals surface area contributed by atoms with E-state index in [1.165, 1.54) is 18.4 Å². The van der Waals surface area contributed by atoms with Gasteiger partial charge in [0.1, 0.15) is 5.56 Å². The fourth-order valence-electron chi connectivity index (χ4n) is 2.93. The zero-order chi connectivity index (χ0) is 19.4. The molecule has 1 unspecified atom stereocenters. The van der Waals surface area contributed by atoms with Crippen LogP contribution in [0, 0.1) is 13.8 Å². The van der Waals surface area contributed by atoms with Crippen molar-refractivity contribution < 1.29 is 23.3 Å². The van der Waals surface area contributed by atoms with Gasteiger partial charge in [0.2, 0.25) is 0 Å². The first-order chi connectivity index (χ1) is 12.3. The molecule has 0 amide bonds. The highest BCUT2D eigenvalue weighted by Gasteiger charge is 2.27. The summed E-state index contributed by atoms with van der Waals surface area (Å²) in [6.07, 6.45) is 6.14.